The molecule has 6 heteroatoms. The van der Waals surface area contributed by atoms with Gasteiger partial charge in [-0.15, -0.1) is 0 Å². The maximum Gasteiger partial charge on any atom is 0.270 e. The minimum Gasteiger partial charge on any atom is -0.354 e. The number of H-pyrrole nitrogens is 1. The van der Waals surface area contributed by atoms with Gasteiger partial charge in [0.15, 0.2) is 5.78 Å². The number of amides is 1. The minimum atomic E-state index is -0.189. The van der Waals surface area contributed by atoms with E-state index in [1.165, 1.54) is 13.0 Å². The first-order valence-corrected chi connectivity index (χ1v) is 9.89. The molecule has 1 amide bonds. The molecule has 1 fully saturated rings. The summed E-state index contributed by atoms with van der Waals surface area (Å²) in [4.78, 5) is 32.3. The summed E-state index contributed by atoms with van der Waals surface area (Å²) in [7, 11) is 0. The molecule has 1 aromatic carbocycles. The lowest BCUT2D eigenvalue weighted by Gasteiger charge is -2.22. The van der Waals surface area contributed by atoms with Crippen LogP contribution >= 0.6 is 0 Å². The van der Waals surface area contributed by atoms with Crippen LogP contribution in [0.15, 0.2) is 24.3 Å². The molecule has 1 saturated heterocycles. The van der Waals surface area contributed by atoms with Crippen LogP contribution in [0.3, 0.4) is 0 Å². The molecule has 2 heterocycles. The van der Waals surface area contributed by atoms with E-state index in [0.29, 0.717) is 49.4 Å². The maximum atomic E-state index is 13.9. The van der Waals surface area contributed by atoms with Crippen LogP contribution in [0.1, 0.15) is 57.9 Å². The highest BCUT2D eigenvalue weighted by molar-refractivity contribution is 6.02. The summed E-state index contributed by atoms with van der Waals surface area (Å²) >= 11 is 0. The number of halogens is 1. The number of aryl methyl sites for hydroxylation is 1. The number of rotatable bonds is 5. The van der Waals surface area contributed by atoms with E-state index in [2.05, 4.69) is 9.88 Å². The molecule has 1 N–H and O–H groups in total. The fourth-order valence-electron chi connectivity index (χ4n) is 4.05. The lowest BCUT2D eigenvalue weighted by atomic mass is 10.0. The Morgan fingerprint density at radius 2 is 1.89 bits per heavy atom. The van der Waals surface area contributed by atoms with Crippen LogP contribution in [0.5, 0.6) is 0 Å². The maximum absolute atomic E-state index is 13.9. The summed E-state index contributed by atoms with van der Waals surface area (Å²) in [6, 6.07) is 6.83. The summed E-state index contributed by atoms with van der Waals surface area (Å²) in [6.07, 6.45) is 1.47. The molecule has 1 aliphatic heterocycles. The monoisotopic (exact) mass is 385 g/mol. The number of hydrogen-bond donors (Lipinski definition) is 1. The van der Waals surface area contributed by atoms with Gasteiger partial charge in [-0.05, 0) is 38.3 Å². The second-order valence-corrected chi connectivity index (χ2v) is 7.40. The molecular weight excluding hydrogens is 357 g/mol. The van der Waals surface area contributed by atoms with Crippen molar-refractivity contribution in [3.05, 3.63) is 58.2 Å². The Morgan fingerprint density at radius 1 is 1.14 bits per heavy atom. The van der Waals surface area contributed by atoms with Crippen molar-refractivity contribution in [3.63, 3.8) is 0 Å². The van der Waals surface area contributed by atoms with Gasteiger partial charge < -0.3 is 9.88 Å². The summed E-state index contributed by atoms with van der Waals surface area (Å²) < 4.78 is 13.9. The van der Waals surface area contributed by atoms with Gasteiger partial charge in [-0.2, -0.15) is 0 Å². The van der Waals surface area contributed by atoms with Crippen molar-refractivity contribution in [1.29, 1.82) is 0 Å². The van der Waals surface area contributed by atoms with E-state index in [-0.39, 0.29) is 17.5 Å². The van der Waals surface area contributed by atoms with Gasteiger partial charge in [-0.3, -0.25) is 14.5 Å². The van der Waals surface area contributed by atoms with Crippen molar-refractivity contribution in [2.45, 2.75) is 40.2 Å². The Hall–Kier alpha value is -2.47. The first kappa shape index (κ1) is 20.3. The quantitative estimate of drug-likeness (QED) is 0.801. The lowest BCUT2D eigenvalue weighted by Crippen LogP contribution is -2.35. The highest BCUT2D eigenvalue weighted by atomic mass is 19.1. The van der Waals surface area contributed by atoms with Gasteiger partial charge in [-0.25, -0.2) is 4.39 Å². The largest absolute Gasteiger partial charge is 0.354 e. The first-order chi connectivity index (χ1) is 13.4. The summed E-state index contributed by atoms with van der Waals surface area (Å²) in [6.45, 7) is 8.64. The van der Waals surface area contributed by atoms with Gasteiger partial charge in [0.1, 0.15) is 11.5 Å². The summed E-state index contributed by atoms with van der Waals surface area (Å²) in [5.41, 5.74) is 3.42. The summed E-state index contributed by atoms with van der Waals surface area (Å²) in [5, 5.41) is 0. The fourth-order valence-corrected chi connectivity index (χ4v) is 4.05. The third-order valence-corrected chi connectivity index (χ3v) is 5.44. The predicted molar refractivity (Wildman–Crippen MR) is 107 cm³/mol. The molecule has 0 saturated carbocycles. The van der Waals surface area contributed by atoms with Crippen LogP contribution in [0.25, 0.3) is 0 Å². The number of nitrogens with zero attached hydrogens (tertiary/aromatic N) is 2. The molecule has 0 bridgehead atoms. The van der Waals surface area contributed by atoms with E-state index in [1.807, 2.05) is 30.9 Å². The molecule has 1 aromatic heterocycles. The number of carbonyl (C=O) groups excluding carboxylic acids is 2. The van der Waals surface area contributed by atoms with Crippen LogP contribution in [-0.4, -0.2) is 52.7 Å². The minimum absolute atomic E-state index is 0.0171. The zero-order valence-corrected chi connectivity index (χ0v) is 16.8. The van der Waals surface area contributed by atoms with Crippen molar-refractivity contribution in [3.8, 4) is 0 Å². The number of Topliss-reactive ketones (excluding diaryl/α,β-unsaturated/α-hetero) is 1. The smallest absolute Gasteiger partial charge is 0.270 e. The molecule has 0 unspecified atom stereocenters. The molecule has 1 aliphatic rings. The lowest BCUT2D eigenvalue weighted by molar-refractivity contribution is 0.0754. The molecule has 0 radical (unpaired) electrons. The Labute approximate surface area is 165 Å². The van der Waals surface area contributed by atoms with Gasteiger partial charge in [-0.1, -0.05) is 25.1 Å². The van der Waals surface area contributed by atoms with Gasteiger partial charge in [0, 0.05) is 49.5 Å². The zero-order valence-electron chi connectivity index (χ0n) is 16.8. The van der Waals surface area contributed by atoms with E-state index in [4.69, 9.17) is 0 Å². The Morgan fingerprint density at radius 3 is 2.57 bits per heavy atom. The first-order valence-electron chi connectivity index (χ1n) is 9.89. The second-order valence-electron chi connectivity index (χ2n) is 7.40. The Balaban J connectivity index is 1.72. The average molecular weight is 385 g/mol. The highest BCUT2D eigenvalue weighted by Crippen LogP contribution is 2.22. The van der Waals surface area contributed by atoms with Crippen molar-refractivity contribution in [2.24, 2.45) is 0 Å². The second kappa shape index (κ2) is 8.69. The molecule has 2 aromatic rings. The van der Waals surface area contributed by atoms with Crippen LogP contribution in [0, 0.1) is 12.7 Å². The molecule has 3 rings (SSSR count). The Kier molecular flexibility index (Phi) is 6.29. The standard InChI is InChI=1S/C22H28FN3O2/c1-4-18-20(16(3)27)15(2)24-21(18)22(28)26-11-7-10-25(12-13-26)14-17-8-5-6-9-19(17)23/h5-6,8-9,24H,4,7,10-14H2,1-3H3. The number of nitrogens with one attached hydrogen (secondary N) is 1. The van der Waals surface area contributed by atoms with E-state index in [1.54, 1.807) is 6.07 Å². The Bertz CT molecular complexity index is 875. The molecule has 0 atom stereocenters. The third-order valence-electron chi connectivity index (χ3n) is 5.44. The normalized spacial score (nSPS) is 15.5. The number of hydrogen-bond acceptors (Lipinski definition) is 3. The highest BCUT2D eigenvalue weighted by Gasteiger charge is 2.26. The number of aromatic amines is 1. The average Bonchev–Trinajstić information content (AvgIpc) is 2.84. The molecular formula is C22H28FN3O2. The van der Waals surface area contributed by atoms with Gasteiger partial charge >= 0.3 is 0 Å². The SMILES string of the molecule is CCc1c(C(=O)N2CCCN(Cc3ccccc3F)CC2)[nH]c(C)c1C(C)=O. The van der Waals surface area contributed by atoms with Crippen molar-refractivity contribution >= 4 is 11.7 Å². The number of carbonyl (C=O) groups is 2. The fraction of sp³-hybridized carbons (Fsp3) is 0.455. The molecule has 5 nitrogen and oxygen atoms in total. The van der Waals surface area contributed by atoms with E-state index < -0.39 is 0 Å². The van der Waals surface area contributed by atoms with Gasteiger partial charge in [0.2, 0.25) is 0 Å². The van der Waals surface area contributed by atoms with Crippen molar-refractivity contribution < 1.29 is 14.0 Å². The van der Waals surface area contributed by atoms with Crippen LogP contribution in [-0.2, 0) is 13.0 Å². The van der Waals surface area contributed by atoms with Gasteiger partial charge in [0.05, 0.1) is 0 Å². The molecule has 28 heavy (non-hydrogen) atoms. The zero-order chi connectivity index (χ0) is 20.3. The van der Waals surface area contributed by atoms with Crippen LogP contribution in [0.2, 0.25) is 0 Å². The van der Waals surface area contributed by atoms with Crippen molar-refractivity contribution in [2.75, 3.05) is 26.2 Å². The summed E-state index contributed by atoms with van der Waals surface area (Å²) in [5.74, 6) is -0.261. The number of ketones is 1. The predicted octanol–water partition coefficient (Wildman–Crippen LogP) is 3.58. The van der Waals surface area contributed by atoms with Crippen LogP contribution in [0.4, 0.5) is 4.39 Å². The van der Waals surface area contributed by atoms with E-state index >= 15 is 0 Å². The van der Waals surface area contributed by atoms with E-state index in [0.717, 1.165) is 24.2 Å². The topological polar surface area (TPSA) is 56.4 Å². The number of benzene rings is 1. The molecule has 0 spiro atoms. The van der Waals surface area contributed by atoms with E-state index in [9.17, 15) is 14.0 Å². The molecule has 150 valence electrons. The van der Waals surface area contributed by atoms with Crippen molar-refractivity contribution in [1.82, 2.24) is 14.8 Å². The van der Waals surface area contributed by atoms with Crippen LogP contribution < -0.4 is 0 Å². The third kappa shape index (κ3) is 4.17. The molecule has 0 aliphatic carbocycles. The number of aromatic nitrogens is 1. The van der Waals surface area contributed by atoms with Gasteiger partial charge in [0.25, 0.3) is 5.91 Å².